The Kier molecular flexibility index (Phi) is 9.04. The van der Waals surface area contributed by atoms with Gasteiger partial charge in [-0.25, -0.2) is 0 Å². The van der Waals surface area contributed by atoms with Gasteiger partial charge in [-0.1, -0.05) is 29.3 Å². The van der Waals surface area contributed by atoms with E-state index < -0.39 is 0 Å². The number of hydrogen-bond acceptors (Lipinski definition) is 5. The Morgan fingerprint density at radius 1 is 1.16 bits per heavy atom. The Morgan fingerprint density at radius 3 is 2.65 bits per heavy atom. The minimum absolute atomic E-state index is 0.0406. The monoisotopic (exact) mass is 481 g/mol. The molecule has 9 heteroatoms. The third-order valence-corrected chi connectivity index (χ3v) is 6.44. The predicted molar refractivity (Wildman–Crippen MR) is 126 cm³/mol. The van der Waals surface area contributed by atoms with Crippen LogP contribution in [0.2, 0.25) is 10.0 Å². The summed E-state index contributed by atoms with van der Waals surface area (Å²) in [5.74, 6) is 0.167. The molecule has 0 unspecified atom stereocenters. The van der Waals surface area contributed by atoms with Crippen LogP contribution in [-0.4, -0.2) is 54.8 Å². The van der Waals surface area contributed by atoms with Gasteiger partial charge in [0, 0.05) is 43.7 Å². The molecule has 0 aromatic heterocycles. The number of amides is 2. The van der Waals surface area contributed by atoms with E-state index in [4.69, 9.17) is 27.9 Å². The molecule has 0 radical (unpaired) electrons. The summed E-state index contributed by atoms with van der Waals surface area (Å²) in [4.78, 5) is 26.5. The van der Waals surface area contributed by atoms with Crippen LogP contribution in [0.1, 0.15) is 12.5 Å². The Hall–Kier alpha value is -1.77. The van der Waals surface area contributed by atoms with Gasteiger partial charge in [-0.05, 0) is 42.0 Å². The molecule has 0 bridgehead atoms. The smallest absolute Gasteiger partial charge is 0.230 e. The first-order chi connectivity index (χ1) is 14.9. The van der Waals surface area contributed by atoms with Crippen molar-refractivity contribution in [3.05, 3.63) is 58.1 Å². The van der Waals surface area contributed by atoms with Crippen LogP contribution in [0.3, 0.4) is 0 Å². The molecule has 1 fully saturated rings. The highest BCUT2D eigenvalue weighted by Gasteiger charge is 2.21. The first-order valence-electron chi connectivity index (χ1n) is 9.94. The molecular formula is C22H25Cl2N3O3S. The second-order valence-corrected chi connectivity index (χ2v) is 9.14. The maximum atomic E-state index is 12.2. The number of hydrogen-bond donors (Lipinski definition) is 2. The summed E-state index contributed by atoms with van der Waals surface area (Å²) in [6, 6.07) is 13.1. The van der Waals surface area contributed by atoms with Crippen molar-refractivity contribution in [2.24, 2.45) is 0 Å². The lowest BCUT2D eigenvalue weighted by atomic mass is 10.2. The average molecular weight is 482 g/mol. The van der Waals surface area contributed by atoms with Gasteiger partial charge in [0.15, 0.2) is 0 Å². The molecule has 2 amide bonds. The van der Waals surface area contributed by atoms with Crippen LogP contribution in [0.5, 0.6) is 0 Å². The molecule has 1 atom stereocenters. The number of carbonyl (C=O) groups is 2. The number of morpholine rings is 1. The van der Waals surface area contributed by atoms with E-state index in [1.54, 1.807) is 0 Å². The fraction of sp³-hybridized carbons (Fsp3) is 0.364. The van der Waals surface area contributed by atoms with Gasteiger partial charge in [0.05, 0.1) is 28.5 Å². The molecule has 3 rings (SSSR count). The lowest BCUT2D eigenvalue weighted by molar-refractivity contribution is -0.119. The van der Waals surface area contributed by atoms with E-state index in [9.17, 15) is 9.59 Å². The van der Waals surface area contributed by atoms with E-state index in [-0.39, 0.29) is 17.9 Å². The number of benzene rings is 2. The summed E-state index contributed by atoms with van der Waals surface area (Å²) in [5.41, 5.74) is 1.83. The number of ether oxygens (including phenoxy) is 1. The van der Waals surface area contributed by atoms with Gasteiger partial charge in [-0.15, -0.1) is 11.8 Å². The SMILES string of the molecule is CC(=O)Nc1ccc(SCC(=O)NC[C@H]2CN(Cc3ccc(Cl)c(Cl)c3)CCO2)cc1. The minimum atomic E-state index is -0.111. The van der Waals surface area contributed by atoms with Crippen LogP contribution >= 0.6 is 35.0 Å². The van der Waals surface area contributed by atoms with Crippen LogP contribution in [-0.2, 0) is 20.9 Å². The molecule has 2 N–H and O–H groups in total. The zero-order valence-electron chi connectivity index (χ0n) is 17.2. The van der Waals surface area contributed by atoms with Gasteiger partial charge in [-0.3, -0.25) is 14.5 Å². The van der Waals surface area contributed by atoms with Crippen molar-refractivity contribution < 1.29 is 14.3 Å². The molecule has 1 aliphatic rings. The van der Waals surface area contributed by atoms with Crippen molar-refractivity contribution >= 4 is 52.5 Å². The molecule has 6 nitrogen and oxygen atoms in total. The minimum Gasteiger partial charge on any atom is -0.374 e. The lowest BCUT2D eigenvalue weighted by Crippen LogP contribution is -2.47. The summed E-state index contributed by atoms with van der Waals surface area (Å²) in [7, 11) is 0. The normalized spacial score (nSPS) is 16.7. The van der Waals surface area contributed by atoms with Crippen LogP contribution in [0.15, 0.2) is 47.4 Å². The van der Waals surface area contributed by atoms with Crippen molar-refractivity contribution in [1.29, 1.82) is 0 Å². The van der Waals surface area contributed by atoms with Crippen molar-refractivity contribution in [3.63, 3.8) is 0 Å². The van der Waals surface area contributed by atoms with Gasteiger partial charge in [0.2, 0.25) is 11.8 Å². The molecule has 1 aliphatic heterocycles. The van der Waals surface area contributed by atoms with E-state index >= 15 is 0 Å². The summed E-state index contributed by atoms with van der Waals surface area (Å²) in [6.07, 6.45) is -0.0533. The summed E-state index contributed by atoms with van der Waals surface area (Å²) >= 11 is 13.5. The maximum Gasteiger partial charge on any atom is 0.230 e. The largest absolute Gasteiger partial charge is 0.374 e. The number of carbonyl (C=O) groups excluding carboxylic acids is 2. The first-order valence-corrected chi connectivity index (χ1v) is 11.7. The number of anilines is 1. The molecule has 0 aliphatic carbocycles. The Balaban J connectivity index is 1.39. The van der Waals surface area contributed by atoms with Gasteiger partial charge in [0.1, 0.15) is 0 Å². The quantitative estimate of drug-likeness (QED) is 0.556. The molecule has 1 heterocycles. The molecule has 0 saturated carbocycles. The zero-order valence-corrected chi connectivity index (χ0v) is 19.5. The summed E-state index contributed by atoms with van der Waals surface area (Å²) < 4.78 is 5.80. The Labute approximate surface area is 196 Å². The standard InChI is InChI=1S/C22H25Cl2N3O3S/c1-15(28)26-17-3-5-19(6-4-17)31-14-22(29)25-11-18-13-27(8-9-30-18)12-16-2-7-20(23)21(24)10-16/h2-7,10,18H,8-9,11-14H2,1H3,(H,25,29)(H,26,28)/t18-/m0/s1. The third kappa shape index (κ3) is 8.01. The Bertz CT molecular complexity index is 911. The summed E-state index contributed by atoms with van der Waals surface area (Å²) in [5, 5.41) is 6.78. The molecule has 31 heavy (non-hydrogen) atoms. The van der Waals surface area contributed by atoms with E-state index in [2.05, 4.69) is 15.5 Å². The van der Waals surface area contributed by atoms with Gasteiger partial charge in [-0.2, -0.15) is 0 Å². The molecule has 166 valence electrons. The Morgan fingerprint density at radius 2 is 1.94 bits per heavy atom. The highest BCUT2D eigenvalue weighted by atomic mass is 35.5. The fourth-order valence-corrected chi connectivity index (χ4v) is 4.26. The van der Waals surface area contributed by atoms with E-state index in [1.165, 1.54) is 18.7 Å². The maximum absolute atomic E-state index is 12.2. The predicted octanol–water partition coefficient (Wildman–Crippen LogP) is 4.06. The number of rotatable bonds is 8. The topological polar surface area (TPSA) is 70.7 Å². The molecule has 2 aromatic carbocycles. The highest BCUT2D eigenvalue weighted by Crippen LogP contribution is 2.24. The van der Waals surface area contributed by atoms with Crippen molar-refractivity contribution in [3.8, 4) is 0 Å². The van der Waals surface area contributed by atoms with Crippen molar-refractivity contribution in [1.82, 2.24) is 10.2 Å². The molecular weight excluding hydrogens is 457 g/mol. The first kappa shape index (κ1) is 23.9. The van der Waals surface area contributed by atoms with Crippen molar-refractivity contribution in [2.45, 2.75) is 24.5 Å². The summed E-state index contributed by atoms with van der Waals surface area (Å²) in [6.45, 7) is 4.88. The number of thioether (sulfide) groups is 1. The molecule has 2 aromatic rings. The fourth-order valence-electron chi connectivity index (χ4n) is 3.21. The van der Waals surface area contributed by atoms with Crippen LogP contribution in [0, 0.1) is 0 Å². The van der Waals surface area contributed by atoms with E-state index in [0.717, 1.165) is 35.8 Å². The highest BCUT2D eigenvalue weighted by molar-refractivity contribution is 8.00. The second-order valence-electron chi connectivity index (χ2n) is 7.27. The van der Waals surface area contributed by atoms with Gasteiger partial charge >= 0.3 is 0 Å². The number of nitrogens with one attached hydrogen (secondary N) is 2. The van der Waals surface area contributed by atoms with Gasteiger partial charge < -0.3 is 15.4 Å². The lowest BCUT2D eigenvalue weighted by Gasteiger charge is -2.33. The zero-order chi connectivity index (χ0) is 22.2. The van der Waals surface area contributed by atoms with Crippen LogP contribution in [0.25, 0.3) is 0 Å². The van der Waals surface area contributed by atoms with Crippen molar-refractivity contribution in [2.75, 3.05) is 37.3 Å². The third-order valence-electron chi connectivity index (χ3n) is 4.68. The number of nitrogens with zero attached hydrogens (tertiary/aromatic N) is 1. The second kappa shape index (κ2) is 11.7. The molecule has 0 spiro atoms. The average Bonchev–Trinajstić information content (AvgIpc) is 2.74. The van der Waals surface area contributed by atoms with Crippen LogP contribution in [0.4, 0.5) is 5.69 Å². The van der Waals surface area contributed by atoms with Crippen LogP contribution < -0.4 is 10.6 Å². The number of halogens is 2. The van der Waals surface area contributed by atoms with Gasteiger partial charge in [0.25, 0.3) is 0 Å². The van der Waals surface area contributed by atoms with E-state index in [1.807, 2.05) is 42.5 Å². The molecule has 1 saturated heterocycles. The van der Waals surface area contributed by atoms with E-state index in [0.29, 0.717) is 28.9 Å².